The third kappa shape index (κ3) is 7.25. The molecule has 2 N–H and O–H groups in total. The van der Waals surface area contributed by atoms with E-state index in [1.807, 2.05) is 66.7 Å². The highest BCUT2D eigenvalue weighted by molar-refractivity contribution is 7.13. The van der Waals surface area contributed by atoms with Gasteiger partial charge in [0.1, 0.15) is 0 Å². The summed E-state index contributed by atoms with van der Waals surface area (Å²) in [6, 6.07) is 30.4. The highest BCUT2D eigenvalue weighted by Crippen LogP contribution is 2.27. The first-order valence-corrected chi connectivity index (χ1v) is 12.3. The Morgan fingerprint density at radius 1 is 0.857 bits per heavy atom. The van der Waals surface area contributed by atoms with Gasteiger partial charge in [0, 0.05) is 24.4 Å². The van der Waals surface area contributed by atoms with Gasteiger partial charge in [-0.2, -0.15) is 0 Å². The van der Waals surface area contributed by atoms with E-state index < -0.39 is 5.97 Å². The summed E-state index contributed by atoms with van der Waals surface area (Å²) in [5, 5.41) is 8.29. The van der Waals surface area contributed by atoms with Crippen LogP contribution in [0.5, 0.6) is 0 Å². The van der Waals surface area contributed by atoms with Crippen molar-refractivity contribution >= 4 is 28.3 Å². The lowest BCUT2D eigenvalue weighted by molar-refractivity contribution is -0.124. The van der Waals surface area contributed by atoms with Crippen molar-refractivity contribution < 1.29 is 14.3 Å². The van der Waals surface area contributed by atoms with Crippen molar-refractivity contribution in [1.29, 1.82) is 0 Å². The number of nitrogens with zero attached hydrogens (tertiary/aromatic N) is 1. The van der Waals surface area contributed by atoms with Gasteiger partial charge in [-0.25, -0.2) is 9.78 Å². The van der Waals surface area contributed by atoms with Gasteiger partial charge in [0.05, 0.1) is 0 Å². The standard InChI is InChI=1S/C28H27N3O3S/c32-26(29-17-16-24(22-12-6-2-7-13-22)23-14-8-3-9-15-23)19-34-27(33)25-20-35-28(31-25)30-18-21-10-4-1-5-11-21/h1-15,20,24H,16-19H2,(H,29,32)(H,30,31). The Labute approximate surface area is 209 Å². The number of nitrogens with one attached hydrogen (secondary N) is 2. The van der Waals surface area contributed by atoms with Crippen LogP contribution in [0, 0.1) is 0 Å². The maximum Gasteiger partial charge on any atom is 0.358 e. The van der Waals surface area contributed by atoms with E-state index in [4.69, 9.17) is 4.74 Å². The van der Waals surface area contributed by atoms with Crippen LogP contribution in [0.2, 0.25) is 0 Å². The molecule has 1 amide bonds. The Morgan fingerprint density at radius 2 is 1.46 bits per heavy atom. The number of amides is 1. The van der Waals surface area contributed by atoms with Crippen molar-refractivity contribution in [3.63, 3.8) is 0 Å². The van der Waals surface area contributed by atoms with Crippen LogP contribution in [0.25, 0.3) is 0 Å². The third-order valence-electron chi connectivity index (χ3n) is 5.49. The van der Waals surface area contributed by atoms with Crippen LogP contribution in [-0.4, -0.2) is 30.0 Å². The molecule has 0 saturated heterocycles. The predicted molar refractivity (Wildman–Crippen MR) is 139 cm³/mol. The van der Waals surface area contributed by atoms with Crippen molar-refractivity contribution in [3.8, 4) is 0 Å². The number of hydrogen-bond donors (Lipinski definition) is 2. The van der Waals surface area contributed by atoms with Crippen LogP contribution in [0.3, 0.4) is 0 Å². The molecule has 0 bridgehead atoms. The summed E-state index contributed by atoms with van der Waals surface area (Å²) < 4.78 is 5.16. The second-order valence-electron chi connectivity index (χ2n) is 7.97. The fourth-order valence-corrected chi connectivity index (χ4v) is 4.41. The molecule has 0 spiro atoms. The molecule has 0 radical (unpaired) electrons. The first-order chi connectivity index (χ1) is 17.2. The predicted octanol–water partition coefficient (Wildman–Crippen LogP) is 5.25. The highest BCUT2D eigenvalue weighted by Gasteiger charge is 2.16. The second-order valence-corrected chi connectivity index (χ2v) is 8.82. The number of esters is 1. The summed E-state index contributed by atoms with van der Waals surface area (Å²) in [6.45, 7) is 0.734. The van der Waals surface area contributed by atoms with E-state index in [0.717, 1.165) is 12.0 Å². The smallest absolute Gasteiger partial charge is 0.358 e. The summed E-state index contributed by atoms with van der Waals surface area (Å²) in [7, 11) is 0. The molecule has 0 atom stereocenters. The lowest BCUT2D eigenvalue weighted by atomic mass is 9.88. The molecule has 7 heteroatoms. The number of rotatable bonds is 11. The van der Waals surface area contributed by atoms with E-state index in [-0.39, 0.29) is 24.1 Å². The van der Waals surface area contributed by atoms with Gasteiger partial charge in [-0.1, -0.05) is 91.0 Å². The molecule has 0 fully saturated rings. The number of anilines is 1. The van der Waals surface area contributed by atoms with Crippen molar-refractivity contribution in [1.82, 2.24) is 10.3 Å². The molecule has 4 rings (SSSR count). The molecule has 0 aliphatic heterocycles. The minimum atomic E-state index is -0.615. The summed E-state index contributed by atoms with van der Waals surface area (Å²) in [6.07, 6.45) is 0.732. The summed E-state index contributed by atoms with van der Waals surface area (Å²) in [5.41, 5.74) is 3.69. The van der Waals surface area contributed by atoms with Crippen molar-refractivity contribution in [2.24, 2.45) is 0 Å². The van der Waals surface area contributed by atoms with Crippen molar-refractivity contribution in [3.05, 3.63) is 119 Å². The Kier molecular flexibility index (Phi) is 8.62. The van der Waals surface area contributed by atoms with Crippen molar-refractivity contribution in [2.45, 2.75) is 18.9 Å². The quantitative estimate of drug-likeness (QED) is 0.284. The summed E-state index contributed by atoms with van der Waals surface area (Å²) >= 11 is 1.32. The molecule has 0 saturated carbocycles. The topological polar surface area (TPSA) is 80.3 Å². The zero-order valence-electron chi connectivity index (χ0n) is 19.2. The zero-order chi connectivity index (χ0) is 24.3. The van der Waals surface area contributed by atoms with E-state index in [9.17, 15) is 9.59 Å². The molecule has 1 aromatic heterocycles. The first kappa shape index (κ1) is 24.2. The molecule has 178 valence electrons. The van der Waals surface area contributed by atoms with Crippen molar-refractivity contribution in [2.75, 3.05) is 18.5 Å². The molecule has 35 heavy (non-hydrogen) atoms. The molecule has 3 aromatic carbocycles. The van der Waals surface area contributed by atoms with Gasteiger partial charge in [0.15, 0.2) is 17.4 Å². The monoisotopic (exact) mass is 485 g/mol. The average molecular weight is 486 g/mol. The van der Waals surface area contributed by atoms with Gasteiger partial charge >= 0.3 is 5.97 Å². The van der Waals surface area contributed by atoms with Crippen LogP contribution in [0.15, 0.2) is 96.4 Å². The highest BCUT2D eigenvalue weighted by atomic mass is 32.1. The lowest BCUT2D eigenvalue weighted by Gasteiger charge is -2.18. The van der Waals surface area contributed by atoms with Crippen LogP contribution in [0.4, 0.5) is 5.13 Å². The number of carbonyl (C=O) groups excluding carboxylic acids is 2. The Balaban J connectivity index is 1.22. The van der Waals surface area contributed by atoms with Gasteiger partial charge in [0.25, 0.3) is 5.91 Å². The maximum atomic E-state index is 12.3. The van der Waals surface area contributed by atoms with E-state index in [2.05, 4.69) is 39.9 Å². The average Bonchev–Trinajstić information content (AvgIpc) is 3.39. The van der Waals surface area contributed by atoms with Crippen LogP contribution < -0.4 is 10.6 Å². The van der Waals surface area contributed by atoms with E-state index in [0.29, 0.717) is 18.2 Å². The third-order valence-corrected chi connectivity index (χ3v) is 6.29. The van der Waals surface area contributed by atoms with Crippen LogP contribution >= 0.6 is 11.3 Å². The summed E-state index contributed by atoms with van der Waals surface area (Å²) in [5.74, 6) is -0.788. The molecule has 6 nitrogen and oxygen atoms in total. The van der Waals surface area contributed by atoms with Gasteiger partial charge in [-0.05, 0) is 23.1 Å². The molecule has 0 aliphatic carbocycles. The second kappa shape index (κ2) is 12.5. The Bertz CT molecular complexity index is 1170. The zero-order valence-corrected chi connectivity index (χ0v) is 20.0. The lowest BCUT2D eigenvalue weighted by Crippen LogP contribution is -2.30. The minimum Gasteiger partial charge on any atom is -0.451 e. The number of carbonyl (C=O) groups is 2. The molecular formula is C28H27N3O3S. The fraction of sp³-hybridized carbons (Fsp3) is 0.179. The largest absolute Gasteiger partial charge is 0.451 e. The van der Waals surface area contributed by atoms with E-state index in [1.165, 1.54) is 22.5 Å². The Morgan fingerprint density at radius 3 is 2.09 bits per heavy atom. The van der Waals surface area contributed by atoms with Gasteiger partial charge < -0.3 is 15.4 Å². The normalized spacial score (nSPS) is 10.7. The number of benzene rings is 3. The molecule has 0 unspecified atom stereocenters. The van der Waals surface area contributed by atoms with Crippen LogP contribution in [0.1, 0.15) is 39.5 Å². The van der Waals surface area contributed by atoms with Gasteiger partial charge in [-0.15, -0.1) is 11.3 Å². The minimum absolute atomic E-state index is 0.164. The first-order valence-electron chi connectivity index (χ1n) is 11.5. The summed E-state index contributed by atoms with van der Waals surface area (Å²) in [4.78, 5) is 28.8. The SMILES string of the molecule is O=C(COC(=O)c1csc(NCc2ccccc2)n1)NCCC(c1ccccc1)c1ccccc1. The molecule has 1 heterocycles. The molecular weight excluding hydrogens is 458 g/mol. The number of hydrogen-bond acceptors (Lipinski definition) is 6. The van der Waals surface area contributed by atoms with E-state index in [1.54, 1.807) is 5.38 Å². The fourth-order valence-electron chi connectivity index (χ4n) is 3.73. The number of aromatic nitrogens is 1. The van der Waals surface area contributed by atoms with E-state index >= 15 is 0 Å². The maximum absolute atomic E-state index is 12.3. The number of thiazole rings is 1. The Hall–Kier alpha value is -3.97. The van der Waals surface area contributed by atoms with Gasteiger partial charge in [0.2, 0.25) is 0 Å². The molecule has 0 aliphatic rings. The van der Waals surface area contributed by atoms with Gasteiger partial charge in [-0.3, -0.25) is 4.79 Å². The molecule has 4 aromatic rings. The number of ether oxygens (including phenoxy) is 1. The van der Waals surface area contributed by atoms with Crippen LogP contribution in [-0.2, 0) is 16.1 Å².